The average Bonchev–Trinajstić information content (AvgIpc) is 3.12. The predicted molar refractivity (Wildman–Crippen MR) is 124 cm³/mol. The van der Waals surface area contributed by atoms with Crippen LogP contribution in [0.2, 0.25) is 0 Å². The minimum absolute atomic E-state index is 0.0365. The molecule has 0 saturated carbocycles. The molecule has 0 amide bonds. The zero-order valence-corrected chi connectivity index (χ0v) is 20.3. The van der Waals surface area contributed by atoms with E-state index < -0.39 is 0 Å². The first-order valence-electron chi connectivity index (χ1n) is 13.3. The molecule has 4 rings (SSSR count). The molecule has 0 aromatic rings. The molecule has 0 aromatic carbocycles. The number of ether oxygens (including phenoxy) is 2. The zero-order chi connectivity index (χ0) is 22.5. The highest BCUT2D eigenvalue weighted by Crippen LogP contribution is 2.38. The molecular weight excluding hydrogens is 404 g/mol. The van der Waals surface area contributed by atoms with Gasteiger partial charge in [-0.05, 0) is 78.3 Å². The van der Waals surface area contributed by atoms with E-state index in [2.05, 4.69) is 23.9 Å². The Bertz CT molecular complexity index is 559. The van der Waals surface area contributed by atoms with Gasteiger partial charge in [-0.25, -0.2) is 0 Å². The lowest BCUT2D eigenvalue weighted by Crippen LogP contribution is -2.42. The second-order valence-electron chi connectivity index (χ2n) is 10.9. The molecule has 0 radical (unpaired) electrons. The maximum atomic E-state index is 12.4. The van der Waals surface area contributed by atoms with Crippen LogP contribution >= 0.6 is 0 Å². The van der Waals surface area contributed by atoms with Crippen LogP contribution in [-0.2, 0) is 19.1 Å². The van der Waals surface area contributed by atoms with Crippen molar-refractivity contribution in [3.05, 3.63) is 0 Å². The van der Waals surface area contributed by atoms with E-state index in [1.807, 2.05) is 0 Å². The lowest BCUT2D eigenvalue weighted by atomic mass is 9.91. The minimum atomic E-state index is 0.0365. The number of piperidine rings is 2. The Hall–Kier alpha value is -1.14. The fourth-order valence-corrected chi connectivity index (χ4v) is 6.70. The molecule has 4 heterocycles. The summed E-state index contributed by atoms with van der Waals surface area (Å²) in [6.45, 7) is 1.13. The third kappa shape index (κ3) is 5.85. The molecule has 182 valence electrons. The predicted octanol–water partition coefficient (Wildman–Crippen LogP) is 4.16. The Labute approximate surface area is 194 Å². The summed E-state index contributed by atoms with van der Waals surface area (Å²) in [7, 11) is 4.40. The summed E-state index contributed by atoms with van der Waals surface area (Å²) < 4.78 is 11.2. The number of esters is 2. The molecule has 6 heteroatoms. The van der Waals surface area contributed by atoms with Crippen molar-refractivity contribution in [3.63, 3.8) is 0 Å². The highest BCUT2D eigenvalue weighted by atomic mass is 16.5. The standard InChI is InChI=1S/C26H44N2O4/c1-27-21-9-10-22(27)16-19(15-21)25(29)31-13-7-5-3-4-6-8-14-32-26(30)20-17-23-11-12-24(18-20)28(23)2/h19-24H,3-18H2,1-2H3/t19?,20?,21-,22+,23-,24+. The van der Waals surface area contributed by atoms with E-state index in [9.17, 15) is 9.59 Å². The first-order chi connectivity index (χ1) is 15.5. The number of hydrogen-bond acceptors (Lipinski definition) is 6. The van der Waals surface area contributed by atoms with E-state index in [1.54, 1.807) is 0 Å². The van der Waals surface area contributed by atoms with E-state index in [-0.39, 0.29) is 23.8 Å². The third-order valence-corrected chi connectivity index (χ3v) is 8.89. The molecule has 6 nitrogen and oxygen atoms in total. The highest BCUT2D eigenvalue weighted by Gasteiger charge is 2.42. The SMILES string of the molecule is CN1[C@@H]2CC[C@H]1CC(C(=O)OCCCCCCCCOC(=O)C1C[C@H]3CC[C@@H](C1)N3C)C2. The van der Waals surface area contributed by atoms with Crippen LogP contribution in [0, 0.1) is 11.8 Å². The van der Waals surface area contributed by atoms with Crippen LogP contribution in [0.5, 0.6) is 0 Å². The largest absolute Gasteiger partial charge is 0.465 e. The number of unbranched alkanes of at least 4 members (excludes halogenated alkanes) is 5. The lowest BCUT2D eigenvalue weighted by Gasteiger charge is -2.35. The molecule has 4 bridgehead atoms. The molecule has 0 N–H and O–H groups in total. The van der Waals surface area contributed by atoms with Crippen molar-refractivity contribution in [3.8, 4) is 0 Å². The minimum Gasteiger partial charge on any atom is -0.465 e. The molecule has 0 aromatic heterocycles. The second-order valence-corrected chi connectivity index (χ2v) is 10.9. The molecule has 4 fully saturated rings. The van der Waals surface area contributed by atoms with E-state index in [1.165, 1.54) is 25.7 Å². The maximum absolute atomic E-state index is 12.4. The first-order valence-corrected chi connectivity index (χ1v) is 13.3. The van der Waals surface area contributed by atoms with Gasteiger partial charge in [-0.3, -0.25) is 9.59 Å². The molecule has 4 saturated heterocycles. The Morgan fingerprint density at radius 1 is 0.594 bits per heavy atom. The van der Waals surface area contributed by atoms with Gasteiger partial charge in [-0.15, -0.1) is 0 Å². The van der Waals surface area contributed by atoms with Crippen LogP contribution in [0.1, 0.15) is 89.9 Å². The quantitative estimate of drug-likeness (QED) is 0.349. The Morgan fingerprint density at radius 2 is 0.906 bits per heavy atom. The van der Waals surface area contributed by atoms with Gasteiger partial charge in [-0.2, -0.15) is 0 Å². The summed E-state index contributed by atoms with van der Waals surface area (Å²) in [5.74, 6) is 0.316. The van der Waals surface area contributed by atoms with Crippen molar-refractivity contribution in [1.29, 1.82) is 0 Å². The van der Waals surface area contributed by atoms with Crippen LogP contribution in [0.15, 0.2) is 0 Å². The summed E-state index contributed by atoms with van der Waals surface area (Å²) >= 11 is 0. The Balaban J connectivity index is 0.963. The van der Waals surface area contributed by atoms with Crippen LogP contribution in [0.3, 0.4) is 0 Å². The van der Waals surface area contributed by atoms with Gasteiger partial charge in [-0.1, -0.05) is 25.7 Å². The van der Waals surface area contributed by atoms with Crippen molar-refractivity contribution in [2.75, 3.05) is 27.3 Å². The lowest BCUT2D eigenvalue weighted by molar-refractivity contribution is -0.152. The number of nitrogens with zero attached hydrogens (tertiary/aromatic N) is 2. The van der Waals surface area contributed by atoms with Gasteiger partial charge in [0.05, 0.1) is 25.0 Å². The smallest absolute Gasteiger partial charge is 0.309 e. The molecule has 6 atom stereocenters. The number of rotatable bonds is 11. The van der Waals surface area contributed by atoms with Crippen LogP contribution in [0.25, 0.3) is 0 Å². The van der Waals surface area contributed by atoms with Crippen LogP contribution in [-0.4, -0.2) is 73.2 Å². The molecule has 0 spiro atoms. The summed E-state index contributed by atoms with van der Waals surface area (Å²) in [5.41, 5.74) is 0. The van der Waals surface area contributed by atoms with Crippen LogP contribution in [0.4, 0.5) is 0 Å². The normalized spacial score (nSPS) is 34.6. The average molecular weight is 449 g/mol. The van der Waals surface area contributed by atoms with Gasteiger partial charge < -0.3 is 19.3 Å². The molecule has 4 aliphatic rings. The molecule has 4 aliphatic heterocycles. The van der Waals surface area contributed by atoms with Crippen LogP contribution < -0.4 is 0 Å². The molecule has 32 heavy (non-hydrogen) atoms. The van der Waals surface area contributed by atoms with E-state index in [0.29, 0.717) is 37.4 Å². The van der Waals surface area contributed by atoms with Crippen molar-refractivity contribution in [2.45, 2.75) is 114 Å². The summed E-state index contributed by atoms with van der Waals surface area (Å²) in [6.07, 6.45) is 15.3. The van der Waals surface area contributed by atoms with Gasteiger partial charge >= 0.3 is 11.9 Å². The highest BCUT2D eigenvalue weighted by molar-refractivity contribution is 5.73. The van der Waals surface area contributed by atoms with Gasteiger partial charge in [0, 0.05) is 24.2 Å². The summed E-state index contributed by atoms with van der Waals surface area (Å²) in [4.78, 5) is 29.7. The van der Waals surface area contributed by atoms with Gasteiger partial charge in [0.1, 0.15) is 0 Å². The first kappa shape index (κ1) is 24.0. The Kier molecular flexibility index (Phi) is 8.49. The van der Waals surface area contributed by atoms with Gasteiger partial charge in [0.25, 0.3) is 0 Å². The van der Waals surface area contributed by atoms with Crippen molar-refractivity contribution < 1.29 is 19.1 Å². The number of hydrogen-bond donors (Lipinski definition) is 0. The topological polar surface area (TPSA) is 59.1 Å². The monoisotopic (exact) mass is 448 g/mol. The summed E-state index contributed by atoms with van der Waals surface area (Å²) in [5, 5.41) is 0. The number of carbonyl (C=O) groups is 2. The van der Waals surface area contributed by atoms with Gasteiger partial charge in [0.15, 0.2) is 0 Å². The fourth-order valence-electron chi connectivity index (χ4n) is 6.70. The third-order valence-electron chi connectivity index (χ3n) is 8.89. The van der Waals surface area contributed by atoms with Crippen molar-refractivity contribution >= 4 is 11.9 Å². The van der Waals surface area contributed by atoms with Gasteiger partial charge in [0.2, 0.25) is 0 Å². The van der Waals surface area contributed by atoms with Crippen molar-refractivity contribution in [1.82, 2.24) is 9.80 Å². The summed E-state index contributed by atoms with van der Waals surface area (Å²) in [6, 6.07) is 2.35. The number of fused-ring (bicyclic) bond motifs is 4. The second kappa shape index (κ2) is 11.3. The maximum Gasteiger partial charge on any atom is 0.309 e. The fraction of sp³-hybridized carbons (Fsp3) is 0.923. The molecule has 0 aliphatic carbocycles. The van der Waals surface area contributed by atoms with E-state index in [4.69, 9.17) is 9.47 Å². The molecule has 2 unspecified atom stereocenters. The van der Waals surface area contributed by atoms with E-state index in [0.717, 1.165) is 64.2 Å². The molecular formula is C26H44N2O4. The number of carbonyl (C=O) groups excluding carboxylic acids is 2. The Morgan fingerprint density at radius 3 is 1.25 bits per heavy atom. The van der Waals surface area contributed by atoms with E-state index >= 15 is 0 Å². The van der Waals surface area contributed by atoms with Crippen molar-refractivity contribution in [2.24, 2.45) is 11.8 Å². The zero-order valence-electron chi connectivity index (χ0n) is 20.3.